The molecule has 0 aromatic heterocycles. The Morgan fingerprint density at radius 2 is 2.21 bits per heavy atom. The van der Waals surface area contributed by atoms with Crippen molar-refractivity contribution in [2.24, 2.45) is 4.99 Å². The van der Waals surface area contributed by atoms with Crippen molar-refractivity contribution in [2.75, 3.05) is 31.6 Å². The zero-order chi connectivity index (χ0) is 13.5. The molecular formula is C15H23N3S. The Bertz CT molecular complexity index is 431. The minimum absolute atomic E-state index is 0.604. The highest BCUT2D eigenvalue weighted by Crippen LogP contribution is 2.34. The van der Waals surface area contributed by atoms with E-state index in [9.17, 15) is 0 Å². The zero-order valence-corrected chi connectivity index (χ0v) is 12.6. The maximum atomic E-state index is 4.69. The van der Waals surface area contributed by atoms with Crippen LogP contribution in [0.15, 0.2) is 29.3 Å². The number of hydrogen-bond donors (Lipinski definition) is 2. The van der Waals surface area contributed by atoms with Crippen LogP contribution in [0.1, 0.15) is 24.0 Å². The maximum Gasteiger partial charge on any atom is 0.191 e. The monoisotopic (exact) mass is 277 g/mol. The first kappa shape index (κ1) is 14.3. The molecule has 1 unspecified atom stereocenters. The largest absolute Gasteiger partial charge is 0.357 e. The summed E-state index contributed by atoms with van der Waals surface area (Å²) in [5.41, 5.74) is 2.97. The number of fused-ring (bicyclic) bond motifs is 1. The third-order valence-electron chi connectivity index (χ3n) is 3.37. The Morgan fingerprint density at radius 3 is 2.95 bits per heavy atom. The van der Waals surface area contributed by atoms with Crippen LogP contribution < -0.4 is 10.6 Å². The molecule has 2 rings (SSSR count). The smallest absolute Gasteiger partial charge is 0.191 e. The van der Waals surface area contributed by atoms with Gasteiger partial charge in [0.15, 0.2) is 5.96 Å². The van der Waals surface area contributed by atoms with E-state index in [2.05, 4.69) is 48.1 Å². The summed E-state index contributed by atoms with van der Waals surface area (Å²) in [5.74, 6) is 2.66. The SMILES string of the molecule is CCNC(=NCC1Cc2ccccc21)NCCSC. The number of hydrogen-bond acceptors (Lipinski definition) is 2. The Hall–Kier alpha value is -1.16. The van der Waals surface area contributed by atoms with Gasteiger partial charge in [-0.25, -0.2) is 0 Å². The lowest BCUT2D eigenvalue weighted by molar-refractivity contribution is 0.615. The van der Waals surface area contributed by atoms with E-state index in [4.69, 9.17) is 4.99 Å². The second-order valence-electron chi connectivity index (χ2n) is 4.74. The second-order valence-corrected chi connectivity index (χ2v) is 5.72. The van der Waals surface area contributed by atoms with E-state index < -0.39 is 0 Å². The Balaban J connectivity index is 1.85. The molecule has 0 fully saturated rings. The van der Waals surface area contributed by atoms with Gasteiger partial charge in [-0.15, -0.1) is 0 Å². The number of benzene rings is 1. The molecule has 0 amide bonds. The fourth-order valence-electron chi connectivity index (χ4n) is 2.34. The molecule has 0 spiro atoms. The lowest BCUT2D eigenvalue weighted by atomic mass is 9.78. The fourth-order valence-corrected chi connectivity index (χ4v) is 2.65. The van der Waals surface area contributed by atoms with E-state index in [1.165, 1.54) is 17.5 Å². The van der Waals surface area contributed by atoms with E-state index in [1.54, 1.807) is 0 Å². The molecule has 1 aromatic rings. The Morgan fingerprint density at radius 1 is 1.37 bits per heavy atom. The number of guanidine groups is 1. The topological polar surface area (TPSA) is 36.4 Å². The summed E-state index contributed by atoms with van der Waals surface area (Å²) >= 11 is 1.85. The quantitative estimate of drug-likeness (QED) is 0.476. The molecule has 1 aromatic carbocycles. The molecule has 0 heterocycles. The first-order chi connectivity index (χ1) is 9.35. The van der Waals surface area contributed by atoms with Gasteiger partial charge < -0.3 is 10.6 Å². The summed E-state index contributed by atoms with van der Waals surface area (Å²) in [6, 6.07) is 8.69. The third-order valence-corrected chi connectivity index (χ3v) is 3.99. The maximum absolute atomic E-state index is 4.69. The van der Waals surface area contributed by atoms with E-state index in [1.807, 2.05) is 11.8 Å². The minimum atomic E-state index is 0.604. The highest BCUT2D eigenvalue weighted by Gasteiger charge is 2.24. The van der Waals surface area contributed by atoms with Crippen LogP contribution in [0.3, 0.4) is 0 Å². The third kappa shape index (κ3) is 3.90. The van der Waals surface area contributed by atoms with Crippen LogP contribution in [0.25, 0.3) is 0 Å². The zero-order valence-electron chi connectivity index (χ0n) is 11.8. The van der Waals surface area contributed by atoms with Gasteiger partial charge in [0, 0.05) is 31.3 Å². The molecule has 1 aliphatic rings. The van der Waals surface area contributed by atoms with Crippen LogP contribution in [-0.2, 0) is 6.42 Å². The van der Waals surface area contributed by atoms with Gasteiger partial charge in [-0.05, 0) is 30.7 Å². The molecule has 0 radical (unpaired) electrons. The first-order valence-electron chi connectivity index (χ1n) is 6.94. The fraction of sp³-hybridized carbons (Fsp3) is 0.533. The van der Waals surface area contributed by atoms with Crippen LogP contribution >= 0.6 is 11.8 Å². The van der Waals surface area contributed by atoms with Gasteiger partial charge in [-0.2, -0.15) is 11.8 Å². The average Bonchev–Trinajstić information content (AvgIpc) is 2.40. The molecule has 2 N–H and O–H groups in total. The Kier molecular flexibility index (Phi) is 5.58. The average molecular weight is 277 g/mol. The van der Waals surface area contributed by atoms with Crippen molar-refractivity contribution in [3.63, 3.8) is 0 Å². The molecule has 0 saturated heterocycles. The summed E-state index contributed by atoms with van der Waals surface area (Å²) in [6.07, 6.45) is 3.29. The molecule has 19 heavy (non-hydrogen) atoms. The molecule has 0 aliphatic heterocycles. The normalized spacial score (nSPS) is 17.6. The predicted octanol–water partition coefficient (Wildman–Crippen LogP) is 2.24. The van der Waals surface area contributed by atoms with Crippen LogP contribution in [-0.4, -0.2) is 37.6 Å². The van der Waals surface area contributed by atoms with Crippen molar-refractivity contribution in [1.82, 2.24) is 10.6 Å². The van der Waals surface area contributed by atoms with Crippen LogP contribution in [0, 0.1) is 0 Å². The van der Waals surface area contributed by atoms with Crippen LogP contribution in [0.5, 0.6) is 0 Å². The Labute approximate surface area is 120 Å². The van der Waals surface area contributed by atoms with E-state index in [-0.39, 0.29) is 0 Å². The van der Waals surface area contributed by atoms with Gasteiger partial charge >= 0.3 is 0 Å². The first-order valence-corrected chi connectivity index (χ1v) is 8.33. The van der Waals surface area contributed by atoms with Crippen LogP contribution in [0.4, 0.5) is 0 Å². The van der Waals surface area contributed by atoms with E-state index in [0.29, 0.717) is 5.92 Å². The van der Waals surface area contributed by atoms with Gasteiger partial charge in [0.1, 0.15) is 0 Å². The number of rotatable bonds is 6. The molecule has 1 aliphatic carbocycles. The minimum Gasteiger partial charge on any atom is -0.357 e. The highest BCUT2D eigenvalue weighted by molar-refractivity contribution is 7.98. The molecule has 1 atom stereocenters. The molecule has 4 heteroatoms. The van der Waals surface area contributed by atoms with Gasteiger partial charge in [-0.3, -0.25) is 4.99 Å². The predicted molar refractivity (Wildman–Crippen MR) is 85.3 cm³/mol. The molecule has 104 valence electrons. The van der Waals surface area contributed by atoms with Crippen molar-refractivity contribution < 1.29 is 0 Å². The number of nitrogens with zero attached hydrogens (tertiary/aromatic N) is 1. The number of thioether (sulfide) groups is 1. The summed E-state index contributed by atoms with van der Waals surface area (Å²) in [6.45, 7) is 4.86. The van der Waals surface area contributed by atoms with E-state index >= 15 is 0 Å². The van der Waals surface area contributed by atoms with Crippen molar-refractivity contribution in [1.29, 1.82) is 0 Å². The summed E-state index contributed by atoms with van der Waals surface area (Å²) in [4.78, 5) is 4.69. The van der Waals surface area contributed by atoms with Gasteiger partial charge in [0.05, 0.1) is 0 Å². The summed E-state index contributed by atoms with van der Waals surface area (Å²) in [7, 11) is 0. The van der Waals surface area contributed by atoms with Crippen molar-refractivity contribution >= 4 is 17.7 Å². The van der Waals surface area contributed by atoms with Crippen molar-refractivity contribution in [3.05, 3.63) is 35.4 Å². The standard InChI is InChI=1S/C15H23N3S/c1-3-16-15(17-8-9-19-2)18-11-13-10-12-6-4-5-7-14(12)13/h4-7,13H,3,8-11H2,1-2H3,(H2,16,17,18). The molecule has 3 nitrogen and oxygen atoms in total. The van der Waals surface area contributed by atoms with Crippen molar-refractivity contribution in [2.45, 2.75) is 19.3 Å². The van der Waals surface area contributed by atoms with Crippen molar-refractivity contribution in [3.8, 4) is 0 Å². The van der Waals surface area contributed by atoms with E-state index in [0.717, 1.165) is 31.3 Å². The van der Waals surface area contributed by atoms with Gasteiger partial charge in [-0.1, -0.05) is 24.3 Å². The lowest BCUT2D eigenvalue weighted by Crippen LogP contribution is -2.39. The number of aliphatic imine (C=N–C) groups is 1. The molecular weight excluding hydrogens is 254 g/mol. The van der Waals surface area contributed by atoms with Gasteiger partial charge in [0.2, 0.25) is 0 Å². The molecule has 0 saturated carbocycles. The second kappa shape index (κ2) is 7.43. The van der Waals surface area contributed by atoms with Crippen LogP contribution in [0.2, 0.25) is 0 Å². The summed E-state index contributed by atoms with van der Waals surface area (Å²) < 4.78 is 0. The summed E-state index contributed by atoms with van der Waals surface area (Å²) in [5, 5.41) is 6.67. The lowest BCUT2D eigenvalue weighted by Gasteiger charge is -2.28. The number of nitrogens with one attached hydrogen (secondary N) is 2. The highest BCUT2D eigenvalue weighted by atomic mass is 32.2. The molecule has 0 bridgehead atoms. The van der Waals surface area contributed by atoms with Gasteiger partial charge in [0.25, 0.3) is 0 Å².